The average Bonchev–Trinajstić information content (AvgIpc) is 2.78. The van der Waals surface area contributed by atoms with Gasteiger partial charge in [-0.1, -0.05) is 0 Å². The molecule has 0 aromatic rings. The Morgan fingerprint density at radius 1 is 1.29 bits per heavy atom. The van der Waals surface area contributed by atoms with Crippen LogP contribution in [0.1, 0.15) is 26.7 Å². The van der Waals surface area contributed by atoms with Gasteiger partial charge >= 0.3 is 0 Å². The van der Waals surface area contributed by atoms with Crippen LogP contribution >= 0.6 is 0 Å². The quantitative estimate of drug-likeness (QED) is 0.727. The first-order valence-electron chi connectivity index (χ1n) is 6.33. The maximum absolute atomic E-state index is 12.1. The van der Waals surface area contributed by atoms with E-state index < -0.39 is 5.54 Å². The van der Waals surface area contributed by atoms with Gasteiger partial charge in [0.1, 0.15) is 0 Å². The van der Waals surface area contributed by atoms with Crippen molar-refractivity contribution in [3.8, 4) is 0 Å². The average molecular weight is 239 g/mol. The fourth-order valence-corrected chi connectivity index (χ4v) is 2.46. The second-order valence-electron chi connectivity index (χ2n) is 5.37. The Labute approximate surface area is 102 Å². The molecule has 5 heteroatoms. The second kappa shape index (κ2) is 4.64. The lowest BCUT2D eigenvalue weighted by Gasteiger charge is -2.38. The van der Waals surface area contributed by atoms with Gasteiger partial charge in [0.25, 0.3) is 0 Å². The van der Waals surface area contributed by atoms with E-state index in [1.54, 1.807) is 4.90 Å². The minimum atomic E-state index is -0.538. The van der Waals surface area contributed by atoms with Crippen LogP contribution in [-0.2, 0) is 9.59 Å². The molecule has 0 unspecified atom stereocenters. The Kier molecular flexibility index (Phi) is 3.38. The molecule has 0 aromatic heterocycles. The van der Waals surface area contributed by atoms with E-state index >= 15 is 0 Å². The fourth-order valence-electron chi connectivity index (χ4n) is 2.46. The molecule has 0 radical (unpaired) electrons. The number of piperazine rings is 1. The number of carbonyl (C=O) groups excluding carboxylic acids is 2. The lowest BCUT2D eigenvalue weighted by atomic mass is 10.0. The van der Waals surface area contributed by atoms with Crippen LogP contribution in [0.4, 0.5) is 0 Å². The van der Waals surface area contributed by atoms with Gasteiger partial charge in [-0.15, -0.1) is 0 Å². The number of amides is 2. The van der Waals surface area contributed by atoms with Crippen LogP contribution in [-0.4, -0.2) is 59.9 Å². The van der Waals surface area contributed by atoms with Crippen LogP contribution < -0.4 is 5.32 Å². The molecule has 2 aliphatic heterocycles. The summed E-state index contributed by atoms with van der Waals surface area (Å²) < 4.78 is 0. The van der Waals surface area contributed by atoms with E-state index in [0.717, 1.165) is 32.5 Å². The van der Waals surface area contributed by atoms with Crippen molar-refractivity contribution in [3.05, 3.63) is 0 Å². The normalized spacial score (nSPS) is 24.2. The summed E-state index contributed by atoms with van der Waals surface area (Å²) in [7, 11) is 0. The predicted octanol–water partition coefficient (Wildman–Crippen LogP) is -0.181. The van der Waals surface area contributed by atoms with Crippen molar-refractivity contribution in [2.75, 3.05) is 32.7 Å². The smallest absolute Gasteiger partial charge is 0.242 e. The maximum Gasteiger partial charge on any atom is 0.242 e. The molecule has 2 rings (SSSR count). The van der Waals surface area contributed by atoms with E-state index in [2.05, 4.69) is 5.32 Å². The largest absolute Gasteiger partial charge is 0.341 e. The summed E-state index contributed by atoms with van der Waals surface area (Å²) >= 11 is 0. The molecule has 2 fully saturated rings. The summed E-state index contributed by atoms with van der Waals surface area (Å²) in [5.41, 5.74) is -0.538. The Morgan fingerprint density at radius 3 is 2.59 bits per heavy atom. The monoisotopic (exact) mass is 239 g/mol. The highest BCUT2D eigenvalue weighted by Crippen LogP contribution is 2.14. The first kappa shape index (κ1) is 12.4. The third-order valence-electron chi connectivity index (χ3n) is 3.56. The number of nitrogens with zero attached hydrogens (tertiary/aromatic N) is 2. The van der Waals surface area contributed by atoms with Gasteiger partial charge in [-0.2, -0.15) is 0 Å². The van der Waals surface area contributed by atoms with E-state index in [9.17, 15) is 9.59 Å². The van der Waals surface area contributed by atoms with Gasteiger partial charge in [-0.25, -0.2) is 0 Å². The molecule has 5 nitrogen and oxygen atoms in total. The van der Waals surface area contributed by atoms with Crippen molar-refractivity contribution in [2.24, 2.45) is 0 Å². The molecule has 2 aliphatic rings. The van der Waals surface area contributed by atoms with Crippen molar-refractivity contribution < 1.29 is 9.59 Å². The first-order valence-corrected chi connectivity index (χ1v) is 6.33. The molecule has 0 bridgehead atoms. The highest BCUT2D eigenvalue weighted by molar-refractivity contribution is 5.90. The summed E-state index contributed by atoms with van der Waals surface area (Å²) in [6.07, 6.45) is 2.18. The van der Waals surface area contributed by atoms with Gasteiger partial charge in [-0.05, 0) is 26.7 Å². The van der Waals surface area contributed by atoms with Crippen LogP contribution in [0.15, 0.2) is 0 Å². The topological polar surface area (TPSA) is 52.7 Å². The summed E-state index contributed by atoms with van der Waals surface area (Å²) in [4.78, 5) is 27.6. The first-order chi connectivity index (χ1) is 8.00. The van der Waals surface area contributed by atoms with Crippen molar-refractivity contribution in [3.63, 3.8) is 0 Å². The third-order valence-corrected chi connectivity index (χ3v) is 3.56. The molecule has 2 heterocycles. The third kappa shape index (κ3) is 2.60. The van der Waals surface area contributed by atoms with Crippen LogP contribution in [0.5, 0.6) is 0 Å². The number of hydrogen-bond acceptors (Lipinski definition) is 3. The minimum absolute atomic E-state index is 0.0243. The number of nitrogens with one attached hydrogen (secondary N) is 1. The maximum atomic E-state index is 12.1. The molecule has 0 saturated carbocycles. The van der Waals surface area contributed by atoms with E-state index in [0.29, 0.717) is 6.54 Å². The zero-order valence-electron chi connectivity index (χ0n) is 10.7. The number of hydrogen-bond donors (Lipinski definition) is 1. The molecule has 2 saturated heterocycles. The Bertz CT molecular complexity index is 322. The van der Waals surface area contributed by atoms with Gasteiger partial charge in [0.05, 0.1) is 12.1 Å². The van der Waals surface area contributed by atoms with Crippen LogP contribution in [0.3, 0.4) is 0 Å². The Morgan fingerprint density at radius 2 is 1.94 bits per heavy atom. The number of carbonyl (C=O) groups is 2. The molecule has 0 spiro atoms. The number of likely N-dealkylation sites (tertiary alicyclic amines) is 1. The molecule has 2 amide bonds. The predicted molar refractivity (Wildman–Crippen MR) is 64.5 cm³/mol. The molecular formula is C12H21N3O2. The molecule has 1 N–H and O–H groups in total. The Balaban J connectivity index is 1.93. The highest BCUT2D eigenvalue weighted by Gasteiger charge is 2.36. The molecule has 0 atom stereocenters. The SMILES string of the molecule is CC1(C)NCCN(CC(=O)N2CCCC2)C1=O. The van der Waals surface area contributed by atoms with Gasteiger partial charge in [-0.3, -0.25) is 9.59 Å². The van der Waals surface area contributed by atoms with E-state index in [4.69, 9.17) is 0 Å². The second-order valence-corrected chi connectivity index (χ2v) is 5.37. The molecule has 0 aliphatic carbocycles. The lowest BCUT2D eigenvalue weighted by Crippen LogP contribution is -2.62. The standard InChI is InChI=1S/C12H21N3O2/c1-12(2)11(17)15(8-5-13-12)9-10(16)14-6-3-4-7-14/h13H,3-9H2,1-2H3. The molecular weight excluding hydrogens is 218 g/mol. The summed E-state index contributed by atoms with van der Waals surface area (Å²) in [6, 6.07) is 0. The summed E-state index contributed by atoms with van der Waals surface area (Å²) in [5, 5.41) is 3.16. The zero-order valence-corrected chi connectivity index (χ0v) is 10.7. The summed E-state index contributed by atoms with van der Waals surface area (Å²) in [5.74, 6) is 0.116. The fraction of sp³-hybridized carbons (Fsp3) is 0.833. The van der Waals surface area contributed by atoms with Gasteiger partial charge in [0, 0.05) is 26.2 Å². The summed E-state index contributed by atoms with van der Waals surface area (Å²) in [6.45, 7) is 7.05. The lowest BCUT2D eigenvalue weighted by molar-refractivity contribution is -0.145. The van der Waals surface area contributed by atoms with Gasteiger partial charge in [0.15, 0.2) is 0 Å². The minimum Gasteiger partial charge on any atom is -0.341 e. The molecule has 0 aromatic carbocycles. The van der Waals surface area contributed by atoms with E-state index in [-0.39, 0.29) is 18.4 Å². The van der Waals surface area contributed by atoms with Crippen molar-refractivity contribution >= 4 is 11.8 Å². The van der Waals surface area contributed by atoms with Gasteiger partial charge < -0.3 is 15.1 Å². The highest BCUT2D eigenvalue weighted by atomic mass is 16.2. The van der Waals surface area contributed by atoms with Gasteiger partial charge in [0.2, 0.25) is 11.8 Å². The Hall–Kier alpha value is -1.10. The molecule has 17 heavy (non-hydrogen) atoms. The van der Waals surface area contributed by atoms with Crippen molar-refractivity contribution in [2.45, 2.75) is 32.2 Å². The van der Waals surface area contributed by atoms with Crippen molar-refractivity contribution in [1.82, 2.24) is 15.1 Å². The van der Waals surface area contributed by atoms with E-state index in [1.165, 1.54) is 0 Å². The van der Waals surface area contributed by atoms with E-state index in [1.807, 2.05) is 18.7 Å². The van der Waals surface area contributed by atoms with Crippen LogP contribution in [0.2, 0.25) is 0 Å². The van der Waals surface area contributed by atoms with Crippen LogP contribution in [0.25, 0.3) is 0 Å². The van der Waals surface area contributed by atoms with Crippen molar-refractivity contribution in [1.29, 1.82) is 0 Å². The zero-order chi connectivity index (χ0) is 12.5. The van der Waals surface area contributed by atoms with Crippen LogP contribution in [0, 0.1) is 0 Å². The molecule has 96 valence electrons. The number of rotatable bonds is 2.